The van der Waals surface area contributed by atoms with Gasteiger partial charge in [0.1, 0.15) is 5.76 Å². The molecule has 0 spiro atoms. The molecule has 5 heteroatoms. The number of carbonyl (C=O) groups excluding carboxylic acids is 1. The molecular weight excluding hydrogens is 350 g/mol. The van der Waals surface area contributed by atoms with E-state index in [4.69, 9.17) is 4.42 Å². The Hall–Kier alpha value is -1.36. The van der Waals surface area contributed by atoms with E-state index in [0.717, 1.165) is 74.1 Å². The number of rotatable bonds is 5. The second-order valence-corrected chi connectivity index (χ2v) is 10.4. The summed E-state index contributed by atoms with van der Waals surface area (Å²) in [6.45, 7) is 7.79. The highest BCUT2D eigenvalue weighted by atomic mass is 16.4. The van der Waals surface area contributed by atoms with E-state index in [-0.39, 0.29) is 5.41 Å². The molecule has 4 aliphatic carbocycles. The third-order valence-electron chi connectivity index (χ3n) is 8.21. The van der Waals surface area contributed by atoms with Gasteiger partial charge in [0.15, 0.2) is 0 Å². The molecule has 0 unspecified atom stereocenters. The first-order chi connectivity index (χ1) is 13.5. The van der Waals surface area contributed by atoms with Gasteiger partial charge in [0, 0.05) is 12.0 Å². The quantitative estimate of drug-likeness (QED) is 0.837. The van der Waals surface area contributed by atoms with Crippen LogP contribution in [0, 0.1) is 42.9 Å². The minimum absolute atomic E-state index is 0.00384. The molecule has 0 atom stereocenters. The van der Waals surface area contributed by atoms with Gasteiger partial charge in [-0.2, -0.15) is 0 Å². The molecule has 4 bridgehead atoms. The number of aryl methyl sites for hydroxylation is 2. The summed E-state index contributed by atoms with van der Waals surface area (Å²) in [6.07, 6.45) is 9.99. The normalized spacial score (nSPS) is 35.4. The Morgan fingerprint density at radius 1 is 1.11 bits per heavy atom. The molecule has 1 aromatic rings. The van der Waals surface area contributed by atoms with Gasteiger partial charge in [-0.1, -0.05) is 0 Å². The molecule has 5 fully saturated rings. The lowest BCUT2D eigenvalue weighted by Crippen LogP contribution is -2.54. The number of hydrogen-bond donors (Lipinski definition) is 1. The van der Waals surface area contributed by atoms with Crippen LogP contribution >= 0.6 is 0 Å². The SMILES string of the molecule is Cc1nc(CN2CCC(CNC(=O)C34CC5CC(CC(C5)C3)C4)CC2)oc1C. The van der Waals surface area contributed by atoms with Crippen LogP contribution in [0.5, 0.6) is 0 Å². The highest BCUT2D eigenvalue weighted by molar-refractivity contribution is 5.83. The number of aromatic nitrogens is 1. The van der Waals surface area contributed by atoms with Gasteiger partial charge in [0.25, 0.3) is 0 Å². The van der Waals surface area contributed by atoms with Gasteiger partial charge in [0.05, 0.1) is 12.2 Å². The standard InChI is InChI=1S/C23H35N3O2/c1-15-16(2)28-21(25-15)14-26-5-3-17(4-6-26)13-24-22(27)23-10-18-7-19(11-23)9-20(8-18)12-23/h17-20H,3-14H2,1-2H3,(H,24,27). The Kier molecular flexibility index (Phi) is 4.77. The number of hydrogen-bond acceptors (Lipinski definition) is 4. The molecule has 1 aliphatic heterocycles. The summed E-state index contributed by atoms with van der Waals surface area (Å²) >= 11 is 0. The fourth-order valence-electron chi connectivity index (χ4n) is 6.96. The third kappa shape index (κ3) is 3.51. The second-order valence-electron chi connectivity index (χ2n) is 10.4. The Labute approximate surface area is 168 Å². The first-order valence-corrected chi connectivity index (χ1v) is 11.4. The number of nitrogens with one attached hydrogen (secondary N) is 1. The van der Waals surface area contributed by atoms with E-state index >= 15 is 0 Å². The zero-order valence-corrected chi connectivity index (χ0v) is 17.5. The summed E-state index contributed by atoms with van der Waals surface area (Å²) in [5.41, 5.74) is 0.994. The van der Waals surface area contributed by atoms with Gasteiger partial charge in [-0.25, -0.2) is 4.98 Å². The van der Waals surface area contributed by atoms with Gasteiger partial charge in [-0.15, -0.1) is 0 Å². The number of amides is 1. The van der Waals surface area contributed by atoms with Crippen LogP contribution in [-0.2, 0) is 11.3 Å². The Morgan fingerprint density at radius 3 is 2.25 bits per heavy atom. The molecule has 0 radical (unpaired) electrons. The van der Waals surface area contributed by atoms with Crippen molar-refractivity contribution in [2.45, 2.75) is 71.8 Å². The summed E-state index contributed by atoms with van der Waals surface area (Å²) in [7, 11) is 0. The lowest BCUT2D eigenvalue weighted by molar-refractivity contribution is -0.146. The lowest BCUT2D eigenvalue weighted by Gasteiger charge is -2.55. The average Bonchev–Trinajstić information content (AvgIpc) is 2.97. The molecule has 5 nitrogen and oxygen atoms in total. The van der Waals surface area contributed by atoms with Gasteiger partial charge in [-0.05, 0) is 102 Å². The molecule has 1 N–H and O–H groups in total. The van der Waals surface area contributed by atoms with Crippen molar-refractivity contribution in [3.63, 3.8) is 0 Å². The lowest BCUT2D eigenvalue weighted by atomic mass is 9.49. The predicted octanol–water partition coefficient (Wildman–Crippen LogP) is 3.84. The van der Waals surface area contributed by atoms with E-state index < -0.39 is 0 Å². The number of nitrogens with zero attached hydrogens (tertiary/aromatic N) is 2. The van der Waals surface area contributed by atoms with Gasteiger partial charge in [-0.3, -0.25) is 9.69 Å². The molecule has 1 aromatic heterocycles. The summed E-state index contributed by atoms with van der Waals surface area (Å²) in [4.78, 5) is 20.1. The van der Waals surface area contributed by atoms with Crippen molar-refractivity contribution < 1.29 is 9.21 Å². The number of piperidine rings is 1. The predicted molar refractivity (Wildman–Crippen MR) is 108 cm³/mol. The van der Waals surface area contributed by atoms with Crippen LogP contribution < -0.4 is 5.32 Å². The van der Waals surface area contributed by atoms with Crippen molar-refractivity contribution in [1.82, 2.24) is 15.2 Å². The second kappa shape index (κ2) is 7.16. The highest BCUT2D eigenvalue weighted by Gasteiger charge is 2.54. The molecule has 1 amide bonds. The van der Waals surface area contributed by atoms with E-state index in [1.54, 1.807) is 0 Å². The topological polar surface area (TPSA) is 58.4 Å². The molecule has 4 saturated carbocycles. The van der Waals surface area contributed by atoms with Crippen LogP contribution in [0.2, 0.25) is 0 Å². The number of oxazole rings is 1. The van der Waals surface area contributed by atoms with Crippen molar-refractivity contribution >= 4 is 5.91 Å². The maximum atomic E-state index is 13.1. The monoisotopic (exact) mass is 385 g/mol. The molecule has 1 saturated heterocycles. The molecule has 5 aliphatic rings. The third-order valence-corrected chi connectivity index (χ3v) is 8.21. The number of likely N-dealkylation sites (tertiary alicyclic amines) is 1. The van der Waals surface area contributed by atoms with Crippen LogP contribution in [0.1, 0.15) is 68.7 Å². The zero-order chi connectivity index (χ0) is 19.3. The summed E-state index contributed by atoms with van der Waals surface area (Å²) in [6, 6.07) is 0. The average molecular weight is 386 g/mol. The summed E-state index contributed by atoms with van der Waals surface area (Å²) in [5.74, 6) is 5.27. The van der Waals surface area contributed by atoms with E-state index in [0.29, 0.717) is 11.8 Å². The molecule has 28 heavy (non-hydrogen) atoms. The maximum Gasteiger partial charge on any atom is 0.226 e. The van der Waals surface area contributed by atoms with Crippen molar-refractivity contribution in [2.24, 2.45) is 29.1 Å². The Morgan fingerprint density at radius 2 is 1.71 bits per heavy atom. The van der Waals surface area contributed by atoms with Crippen LogP contribution in [0.15, 0.2) is 4.42 Å². The van der Waals surface area contributed by atoms with Crippen molar-refractivity contribution in [3.8, 4) is 0 Å². The summed E-state index contributed by atoms with van der Waals surface area (Å²) in [5, 5.41) is 3.40. The molecular formula is C23H35N3O2. The number of carbonyl (C=O) groups is 1. The molecule has 0 aromatic carbocycles. The minimum Gasteiger partial charge on any atom is -0.444 e. The molecule has 154 valence electrons. The van der Waals surface area contributed by atoms with Gasteiger partial charge >= 0.3 is 0 Å². The van der Waals surface area contributed by atoms with Gasteiger partial charge < -0.3 is 9.73 Å². The summed E-state index contributed by atoms with van der Waals surface area (Å²) < 4.78 is 5.73. The van der Waals surface area contributed by atoms with Crippen LogP contribution in [-0.4, -0.2) is 35.4 Å². The van der Waals surface area contributed by atoms with E-state index in [1.807, 2.05) is 13.8 Å². The minimum atomic E-state index is -0.00384. The van der Waals surface area contributed by atoms with Gasteiger partial charge in [0.2, 0.25) is 11.8 Å². The smallest absolute Gasteiger partial charge is 0.226 e. The van der Waals surface area contributed by atoms with Crippen LogP contribution in [0.25, 0.3) is 0 Å². The Bertz CT molecular complexity index is 677. The Balaban J connectivity index is 1.09. The fraction of sp³-hybridized carbons (Fsp3) is 0.826. The van der Waals surface area contributed by atoms with Crippen LogP contribution in [0.4, 0.5) is 0 Å². The van der Waals surface area contributed by atoms with E-state index in [2.05, 4.69) is 15.2 Å². The van der Waals surface area contributed by atoms with Crippen LogP contribution in [0.3, 0.4) is 0 Å². The zero-order valence-electron chi connectivity index (χ0n) is 17.5. The van der Waals surface area contributed by atoms with E-state index in [9.17, 15) is 4.79 Å². The van der Waals surface area contributed by atoms with Crippen molar-refractivity contribution in [2.75, 3.05) is 19.6 Å². The first kappa shape index (κ1) is 18.7. The van der Waals surface area contributed by atoms with E-state index in [1.165, 1.54) is 38.5 Å². The maximum absolute atomic E-state index is 13.1. The largest absolute Gasteiger partial charge is 0.444 e. The van der Waals surface area contributed by atoms with Crippen molar-refractivity contribution in [3.05, 3.63) is 17.3 Å². The van der Waals surface area contributed by atoms with Crippen molar-refractivity contribution in [1.29, 1.82) is 0 Å². The first-order valence-electron chi connectivity index (χ1n) is 11.4. The molecule has 2 heterocycles. The fourth-order valence-corrected chi connectivity index (χ4v) is 6.96. The molecule has 6 rings (SSSR count). The highest BCUT2D eigenvalue weighted by Crippen LogP contribution is 2.60.